The maximum atomic E-state index is 12.4. The number of fused-ring (bicyclic) bond motifs is 1. The van der Waals surface area contributed by atoms with Crippen molar-refractivity contribution >= 4 is 28.6 Å². The molecule has 0 saturated carbocycles. The number of ether oxygens (including phenoxy) is 1. The molecule has 25 heavy (non-hydrogen) atoms. The van der Waals surface area contributed by atoms with E-state index in [4.69, 9.17) is 4.74 Å². The second-order valence-electron chi connectivity index (χ2n) is 5.43. The van der Waals surface area contributed by atoms with E-state index in [0.29, 0.717) is 23.4 Å². The van der Waals surface area contributed by atoms with Crippen molar-refractivity contribution in [2.24, 2.45) is 0 Å². The normalized spacial score (nSPS) is 12.1. The lowest BCUT2D eigenvalue weighted by Crippen LogP contribution is -2.23. The number of methoxy groups -OCH3 is 1. The lowest BCUT2D eigenvalue weighted by atomic mass is 10.0. The fourth-order valence-electron chi connectivity index (χ4n) is 2.63. The van der Waals surface area contributed by atoms with Crippen molar-refractivity contribution in [3.8, 4) is 5.75 Å². The smallest absolute Gasteiger partial charge is 0.296 e. The van der Waals surface area contributed by atoms with Crippen LogP contribution in [0.4, 0.5) is 11.4 Å². The monoisotopic (exact) mass is 338 g/mol. The van der Waals surface area contributed by atoms with Gasteiger partial charge in [0, 0.05) is 23.4 Å². The van der Waals surface area contributed by atoms with Crippen molar-refractivity contribution in [3.05, 3.63) is 69.8 Å². The van der Waals surface area contributed by atoms with Gasteiger partial charge in [0.1, 0.15) is 5.75 Å². The van der Waals surface area contributed by atoms with Crippen molar-refractivity contribution in [1.82, 2.24) is 0 Å². The summed E-state index contributed by atoms with van der Waals surface area (Å²) >= 11 is 0. The van der Waals surface area contributed by atoms with Crippen LogP contribution < -0.4 is 10.1 Å². The molecular formula is C18H14N2O5. The van der Waals surface area contributed by atoms with Crippen molar-refractivity contribution < 1.29 is 19.2 Å². The lowest BCUT2D eigenvalue weighted by molar-refractivity contribution is -0.384. The Morgan fingerprint density at radius 1 is 1.16 bits per heavy atom. The molecule has 0 spiro atoms. The van der Waals surface area contributed by atoms with E-state index in [2.05, 4.69) is 5.32 Å². The minimum absolute atomic E-state index is 0.116. The fourth-order valence-corrected chi connectivity index (χ4v) is 2.63. The van der Waals surface area contributed by atoms with E-state index in [0.717, 1.165) is 5.56 Å². The van der Waals surface area contributed by atoms with Crippen LogP contribution in [0.1, 0.15) is 11.1 Å². The van der Waals surface area contributed by atoms with Crippen molar-refractivity contribution in [2.45, 2.75) is 6.42 Å². The number of nitrogens with zero attached hydrogens (tertiary/aromatic N) is 1. The molecule has 0 bridgehead atoms. The first-order valence-corrected chi connectivity index (χ1v) is 7.47. The van der Waals surface area contributed by atoms with E-state index >= 15 is 0 Å². The Morgan fingerprint density at radius 3 is 2.52 bits per heavy atom. The quantitative estimate of drug-likeness (QED) is 0.513. The average Bonchev–Trinajstić information content (AvgIpc) is 3.04. The van der Waals surface area contributed by atoms with Gasteiger partial charge in [-0.1, -0.05) is 12.1 Å². The molecule has 1 aliphatic carbocycles. The van der Waals surface area contributed by atoms with E-state index in [1.54, 1.807) is 36.4 Å². The molecule has 0 saturated heterocycles. The summed E-state index contributed by atoms with van der Waals surface area (Å²) in [5, 5.41) is 13.4. The van der Waals surface area contributed by atoms with Crippen molar-refractivity contribution in [3.63, 3.8) is 0 Å². The molecule has 0 radical (unpaired) electrons. The second kappa shape index (κ2) is 6.56. The van der Waals surface area contributed by atoms with Crippen LogP contribution >= 0.6 is 0 Å². The maximum Gasteiger partial charge on any atom is 0.296 e. The van der Waals surface area contributed by atoms with Crippen LogP contribution in [0.15, 0.2) is 48.5 Å². The van der Waals surface area contributed by atoms with Gasteiger partial charge in [0.25, 0.3) is 17.4 Å². The Bertz CT molecular complexity index is 900. The number of hydrogen-bond donors (Lipinski definition) is 1. The molecule has 2 aromatic rings. The Hall–Kier alpha value is -3.48. The highest BCUT2D eigenvalue weighted by Crippen LogP contribution is 2.31. The first-order valence-electron chi connectivity index (χ1n) is 7.47. The molecule has 2 aromatic carbocycles. The Kier molecular flexibility index (Phi) is 4.30. The summed E-state index contributed by atoms with van der Waals surface area (Å²) in [6.45, 7) is 0. The molecule has 7 nitrogen and oxygen atoms in total. The molecule has 1 amide bonds. The van der Waals surface area contributed by atoms with E-state index < -0.39 is 16.6 Å². The summed E-state index contributed by atoms with van der Waals surface area (Å²) in [5.41, 5.74) is 1.74. The number of anilines is 1. The van der Waals surface area contributed by atoms with Gasteiger partial charge in [-0.05, 0) is 41.8 Å². The van der Waals surface area contributed by atoms with Crippen LogP contribution in [0.5, 0.6) is 5.75 Å². The van der Waals surface area contributed by atoms with E-state index in [1.807, 2.05) is 0 Å². The Labute approximate surface area is 143 Å². The van der Waals surface area contributed by atoms with Gasteiger partial charge in [0.2, 0.25) is 0 Å². The summed E-state index contributed by atoms with van der Waals surface area (Å²) in [4.78, 5) is 35.0. The van der Waals surface area contributed by atoms with Crippen LogP contribution in [0.25, 0.3) is 5.57 Å². The molecule has 0 atom stereocenters. The third kappa shape index (κ3) is 3.25. The number of ketones is 1. The van der Waals surface area contributed by atoms with Crippen LogP contribution in [0.2, 0.25) is 0 Å². The number of allylic oxidation sites excluding steroid dienone is 1. The van der Waals surface area contributed by atoms with E-state index in [-0.39, 0.29) is 11.3 Å². The van der Waals surface area contributed by atoms with Crippen LogP contribution in [0, 0.1) is 10.1 Å². The predicted molar refractivity (Wildman–Crippen MR) is 91.4 cm³/mol. The molecule has 0 unspecified atom stereocenters. The number of nitro benzene ring substituents is 1. The number of Topliss-reactive ketones (excluding diaryl/α,β-unsaturated/α-hetero) is 1. The summed E-state index contributed by atoms with van der Waals surface area (Å²) in [5.74, 6) is -0.894. The van der Waals surface area contributed by atoms with Gasteiger partial charge in [-0.2, -0.15) is 0 Å². The molecule has 126 valence electrons. The number of nitro groups is 1. The van der Waals surface area contributed by atoms with Gasteiger partial charge in [-0.25, -0.2) is 0 Å². The number of rotatable bonds is 5. The lowest BCUT2D eigenvalue weighted by Gasteiger charge is -2.07. The zero-order valence-electron chi connectivity index (χ0n) is 13.3. The van der Waals surface area contributed by atoms with Crippen LogP contribution in [-0.2, 0) is 16.0 Å². The molecule has 1 aliphatic rings. The maximum absolute atomic E-state index is 12.4. The topological polar surface area (TPSA) is 98.5 Å². The number of hydrogen-bond acceptors (Lipinski definition) is 5. The standard InChI is InChI=1S/C18H14N2O5/c1-25-14-7-4-12(5-8-14)19-18(22)17(21)15-9-3-11-2-6-13(20(23)24)10-16(11)15/h2,4-10H,3H2,1H3,(H,19,22). The minimum atomic E-state index is -0.796. The van der Waals surface area contributed by atoms with Gasteiger partial charge in [-0.3, -0.25) is 19.7 Å². The molecular weight excluding hydrogens is 324 g/mol. The van der Waals surface area contributed by atoms with Crippen LogP contribution in [0.3, 0.4) is 0 Å². The highest BCUT2D eigenvalue weighted by Gasteiger charge is 2.27. The molecule has 0 aliphatic heterocycles. The highest BCUT2D eigenvalue weighted by molar-refractivity contribution is 6.56. The summed E-state index contributed by atoms with van der Waals surface area (Å²) in [7, 11) is 1.53. The summed E-state index contributed by atoms with van der Waals surface area (Å²) in [6, 6.07) is 10.9. The van der Waals surface area contributed by atoms with Crippen LogP contribution in [-0.4, -0.2) is 23.7 Å². The van der Waals surface area contributed by atoms with Crippen molar-refractivity contribution in [1.29, 1.82) is 0 Å². The number of non-ortho nitro benzene ring substituents is 1. The third-order valence-electron chi connectivity index (χ3n) is 3.92. The summed E-state index contributed by atoms with van der Waals surface area (Å²) < 4.78 is 5.03. The molecule has 0 aromatic heterocycles. The van der Waals surface area contributed by atoms with E-state index in [1.165, 1.54) is 19.2 Å². The zero-order valence-corrected chi connectivity index (χ0v) is 13.3. The molecule has 7 heteroatoms. The Balaban J connectivity index is 1.79. The fraction of sp³-hybridized carbons (Fsp3) is 0.111. The SMILES string of the molecule is COc1ccc(NC(=O)C(=O)C2=CCc3ccc([N+](=O)[O-])cc32)cc1. The first-order chi connectivity index (χ1) is 12.0. The molecule has 0 heterocycles. The van der Waals surface area contributed by atoms with Gasteiger partial charge in [0.15, 0.2) is 0 Å². The molecule has 1 N–H and O–H groups in total. The number of amides is 1. The van der Waals surface area contributed by atoms with Gasteiger partial charge in [0.05, 0.1) is 12.0 Å². The van der Waals surface area contributed by atoms with Crippen molar-refractivity contribution in [2.75, 3.05) is 12.4 Å². The second-order valence-corrected chi connectivity index (χ2v) is 5.43. The predicted octanol–water partition coefficient (Wildman–Crippen LogP) is 2.75. The highest BCUT2D eigenvalue weighted by atomic mass is 16.6. The van der Waals surface area contributed by atoms with Gasteiger partial charge < -0.3 is 10.1 Å². The van der Waals surface area contributed by atoms with Gasteiger partial charge >= 0.3 is 0 Å². The number of benzene rings is 2. The number of nitrogens with one attached hydrogen (secondary N) is 1. The first kappa shape index (κ1) is 16.4. The third-order valence-corrected chi connectivity index (χ3v) is 3.92. The minimum Gasteiger partial charge on any atom is -0.497 e. The molecule has 0 fully saturated rings. The zero-order chi connectivity index (χ0) is 18.0. The number of carbonyl (C=O) groups is 2. The number of carbonyl (C=O) groups excluding carboxylic acids is 2. The van der Waals surface area contributed by atoms with Gasteiger partial charge in [-0.15, -0.1) is 0 Å². The van der Waals surface area contributed by atoms with E-state index in [9.17, 15) is 19.7 Å². The summed E-state index contributed by atoms with van der Waals surface area (Å²) in [6.07, 6.45) is 2.08. The Morgan fingerprint density at radius 2 is 1.88 bits per heavy atom. The molecule has 3 rings (SSSR count). The largest absolute Gasteiger partial charge is 0.497 e. The average molecular weight is 338 g/mol.